The Hall–Kier alpha value is -0.920. The lowest BCUT2D eigenvalue weighted by atomic mass is 9.75. The zero-order valence-corrected chi connectivity index (χ0v) is 13.2. The van der Waals surface area contributed by atoms with E-state index in [1.165, 1.54) is 42.7 Å². The summed E-state index contributed by atoms with van der Waals surface area (Å²) in [6.07, 6.45) is 11.7. The first-order valence-corrected chi connectivity index (χ1v) is 8.59. The maximum absolute atomic E-state index is 6.63. The van der Waals surface area contributed by atoms with Gasteiger partial charge in [-0.1, -0.05) is 47.5 Å². The minimum absolute atomic E-state index is 0.461. The summed E-state index contributed by atoms with van der Waals surface area (Å²) < 4.78 is 0. The van der Waals surface area contributed by atoms with E-state index in [0.29, 0.717) is 23.7 Å². The van der Waals surface area contributed by atoms with E-state index >= 15 is 0 Å². The van der Waals surface area contributed by atoms with Gasteiger partial charge in [0.1, 0.15) is 0 Å². The molecule has 0 aromatic heterocycles. The standard InChI is InChI=1S/C18H17Cl2N/c19-15-7-14-12-5-1-3-10(12)8-21-9-11-4-2-6-13(11)16(17(15)20)18(14)21/h1-2,5-7,10-13H,3-4,8-9H2/t10-,11+,12-,13+/m0/s1. The summed E-state index contributed by atoms with van der Waals surface area (Å²) in [5.41, 5.74) is 4.09. The molecule has 4 atom stereocenters. The number of benzene rings is 1. The molecule has 21 heavy (non-hydrogen) atoms. The van der Waals surface area contributed by atoms with Crippen molar-refractivity contribution < 1.29 is 0 Å². The number of halogens is 2. The molecule has 1 aromatic rings. The molecular weight excluding hydrogens is 301 g/mol. The predicted molar refractivity (Wildman–Crippen MR) is 88.7 cm³/mol. The average Bonchev–Trinajstić information content (AvgIpc) is 3.11. The lowest BCUT2D eigenvalue weighted by Gasteiger charge is -2.46. The fraction of sp³-hybridized carbons (Fsp3) is 0.444. The van der Waals surface area contributed by atoms with Gasteiger partial charge in [-0.2, -0.15) is 0 Å². The van der Waals surface area contributed by atoms with E-state index in [1.807, 2.05) is 0 Å². The molecule has 2 aliphatic heterocycles. The molecule has 0 radical (unpaired) electrons. The Bertz CT molecular complexity index is 689. The van der Waals surface area contributed by atoms with Crippen molar-refractivity contribution in [1.82, 2.24) is 0 Å². The number of nitrogens with zero attached hydrogens (tertiary/aromatic N) is 1. The van der Waals surface area contributed by atoms with E-state index in [-0.39, 0.29) is 0 Å². The maximum Gasteiger partial charge on any atom is 0.0651 e. The van der Waals surface area contributed by atoms with Gasteiger partial charge in [-0.3, -0.25) is 0 Å². The highest BCUT2D eigenvalue weighted by Gasteiger charge is 2.43. The Balaban J connectivity index is 1.80. The van der Waals surface area contributed by atoms with Crippen molar-refractivity contribution in [3.05, 3.63) is 51.5 Å². The van der Waals surface area contributed by atoms with E-state index in [1.54, 1.807) is 0 Å². The summed E-state index contributed by atoms with van der Waals surface area (Å²) in [5.74, 6) is 2.38. The maximum atomic E-state index is 6.63. The zero-order chi connectivity index (χ0) is 14.1. The van der Waals surface area contributed by atoms with Gasteiger partial charge in [0.25, 0.3) is 0 Å². The average molecular weight is 318 g/mol. The number of rotatable bonds is 0. The van der Waals surface area contributed by atoms with E-state index in [4.69, 9.17) is 23.2 Å². The summed E-state index contributed by atoms with van der Waals surface area (Å²) in [5, 5.41) is 1.51. The van der Waals surface area contributed by atoms with Crippen LogP contribution >= 0.6 is 23.2 Å². The molecule has 0 saturated carbocycles. The van der Waals surface area contributed by atoms with Crippen molar-refractivity contribution in [3.63, 3.8) is 0 Å². The molecule has 2 aliphatic carbocycles. The number of anilines is 1. The van der Waals surface area contributed by atoms with Crippen LogP contribution in [0.1, 0.15) is 35.8 Å². The molecule has 0 amide bonds. The monoisotopic (exact) mass is 317 g/mol. The quantitative estimate of drug-likeness (QED) is 0.598. The summed E-state index contributed by atoms with van der Waals surface area (Å²) >= 11 is 13.1. The van der Waals surface area contributed by atoms with Crippen LogP contribution in [0.3, 0.4) is 0 Å². The smallest absolute Gasteiger partial charge is 0.0651 e. The Morgan fingerprint density at radius 2 is 1.62 bits per heavy atom. The third-order valence-electron chi connectivity index (χ3n) is 5.76. The molecule has 4 aliphatic rings. The first-order chi connectivity index (χ1) is 10.2. The molecule has 2 heterocycles. The van der Waals surface area contributed by atoms with Crippen LogP contribution in [-0.4, -0.2) is 13.1 Å². The summed E-state index contributed by atoms with van der Waals surface area (Å²) in [4.78, 5) is 2.59. The molecule has 0 unspecified atom stereocenters. The molecule has 108 valence electrons. The molecule has 3 heteroatoms. The first-order valence-electron chi connectivity index (χ1n) is 7.84. The largest absolute Gasteiger partial charge is 0.370 e. The normalized spacial score (nSPS) is 34.9. The van der Waals surface area contributed by atoms with Crippen LogP contribution < -0.4 is 4.90 Å². The molecule has 0 spiro atoms. The van der Waals surface area contributed by atoms with Crippen molar-refractivity contribution in [3.8, 4) is 0 Å². The van der Waals surface area contributed by atoms with E-state index in [2.05, 4.69) is 35.3 Å². The van der Waals surface area contributed by atoms with E-state index < -0.39 is 0 Å². The molecule has 0 bridgehead atoms. The second-order valence-corrected chi connectivity index (χ2v) is 7.61. The van der Waals surface area contributed by atoms with Crippen LogP contribution in [0.15, 0.2) is 30.4 Å². The van der Waals surface area contributed by atoms with Crippen molar-refractivity contribution in [1.29, 1.82) is 0 Å². The first kappa shape index (κ1) is 12.6. The van der Waals surface area contributed by atoms with Crippen LogP contribution in [-0.2, 0) is 0 Å². The number of fused-ring (bicyclic) bond motifs is 4. The Morgan fingerprint density at radius 3 is 2.38 bits per heavy atom. The number of hydrogen-bond donors (Lipinski definition) is 0. The molecule has 5 rings (SSSR count). The van der Waals surface area contributed by atoms with Crippen molar-refractivity contribution in [2.75, 3.05) is 18.0 Å². The molecule has 1 aromatic carbocycles. The third kappa shape index (κ3) is 1.59. The van der Waals surface area contributed by atoms with Crippen LogP contribution in [0.2, 0.25) is 10.0 Å². The van der Waals surface area contributed by atoms with Crippen LogP contribution in [0.5, 0.6) is 0 Å². The molecule has 0 saturated heterocycles. The molecule has 1 nitrogen and oxygen atoms in total. The number of allylic oxidation sites excluding steroid dienone is 4. The summed E-state index contributed by atoms with van der Waals surface area (Å²) in [6, 6.07) is 2.13. The SMILES string of the molecule is Clc1cc2c3c(c1Cl)[C@@H]1C=CC[C@@H]1CN3C[C@@H]1CC=C[C@H]21. The molecule has 0 N–H and O–H groups in total. The minimum atomic E-state index is 0.461. The van der Waals surface area contributed by atoms with Crippen molar-refractivity contribution in [2.24, 2.45) is 11.8 Å². The lowest BCUT2D eigenvalue weighted by Crippen LogP contribution is -2.43. The number of hydrogen-bond acceptors (Lipinski definition) is 1. The lowest BCUT2D eigenvalue weighted by molar-refractivity contribution is 0.410. The second kappa shape index (κ2) is 4.30. The highest BCUT2D eigenvalue weighted by Crippen LogP contribution is 2.56. The van der Waals surface area contributed by atoms with E-state index in [0.717, 1.165) is 10.0 Å². The van der Waals surface area contributed by atoms with Crippen LogP contribution in [0, 0.1) is 11.8 Å². The zero-order valence-electron chi connectivity index (χ0n) is 11.7. The fourth-order valence-electron chi connectivity index (χ4n) is 4.86. The Kier molecular flexibility index (Phi) is 2.58. The van der Waals surface area contributed by atoms with Gasteiger partial charge in [0.2, 0.25) is 0 Å². The van der Waals surface area contributed by atoms with E-state index in [9.17, 15) is 0 Å². The predicted octanol–water partition coefficient (Wildman–Crippen LogP) is 5.15. The van der Waals surface area contributed by atoms with Gasteiger partial charge in [0.15, 0.2) is 0 Å². The highest BCUT2D eigenvalue weighted by atomic mass is 35.5. The van der Waals surface area contributed by atoms with Gasteiger partial charge in [-0.25, -0.2) is 0 Å². The molecule has 0 fully saturated rings. The molecular formula is C18H17Cl2N. The van der Waals surface area contributed by atoms with Crippen molar-refractivity contribution in [2.45, 2.75) is 24.7 Å². The Labute approximate surface area is 135 Å². The van der Waals surface area contributed by atoms with Gasteiger partial charge in [-0.05, 0) is 36.3 Å². The Morgan fingerprint density at radius 1 is 0.952 bits per heavy atom. The van der Waals surface area contributed by atoms with Gasteiger partial charge < -0.3 is 4.90 Å². The van der Waals surface area contributed by atoms with Gasteiger partial charge >= 0.3 is 0 Å². The van der Waals surface area contributed by atoms with Gasteiger partial charge in [0, 0.05) is 36.2 Å². The topological polar surface area (TPSA) is 3.24 Å². The minimum Gasteiger partial charge on any atom is -0.370 e. The second-order valence-electron chi connectivity index (χ2n) is 6.83. The summed E-state index contributed by atoms with van der Waals surface area (Å²) in [6.45, 7) is 2.33. The van der Waals surface area contributed by atoms with Crippen LogP contribution in [0.25, 0.3) is 0 Å². The van der Waals surface area contributed by atoms with Crippen LogP contribution in [0.4, 0.5) is 5.69 Å². The fourth-order valence-corrected chi connectivity index (χ4v) is 5.35. The summed E-state index contributed by atoms with van der Waals surface area (Å²) in [7, 11) is 0. The van der Waals surface area contributed by atoms with Crippen molar-refractivity contribution >= 4 is 28.9 Å². The third-order valence-corrected chi connectivity index (χ3v) is 6.56. The highest BCUT2D eigenvalue weighted by molar-refractivity contribution is 6.43. The van der Waals surface area contributed by atoms with Gasteiger partial charge in [-0.15, -0.1) is 0 Å². The van der Waals surface area contributed by atoms with Gasteiger partial charge in [0.05, 0.1) is 10.0 Å².